The van der Waals surface area contributed by atoms with Crippen molar-refractivity contribution in [3.63, 3.8) is 0 Å². The molecule has 364 valence electrons. The minimum Gasteiger partial charge on any atom is -0.462 e. The van der Waals surface area contributed by atoms with Crippen molar-refractivity contribution in [2.24, 2.45) is 0 Å². The van der Waals surface area contributed by atoms with E-state index in [4.69, 9.17) is 14.2 Å². The Balaban J connectivity index is 4.38. The monoisotopic (exact) mass is 881 g/mol. The van der Waals surface area contributed by atoms with Crippen LogP contribution in [0, 0.1) is 0 Å². The van der Waals surface area contributed by atoms with E-state index in [2.05, 4.69) is 81.5 Å². The first-order chi connectivity index (χ1) is 31.0. The summed E-state index contributed by atoms with van der Waals surface area (Å²) in [6, 6.07) is 0. The first kappa shape index (κ1) is 60.1. The van der Waals surface area contributed by atoms with Gasteiger partial charge in [-0.2, -0.15) is 0 Å². The summed E-state index contributed by atoms with van der Waals surface area (Å²) in [6.45, 7) is 6.48. The van der Waals surface area contributed by atoms with Gasteiger partial charge in [0.2, 0.25) is 0 Å². The maximum atomic E-state index is 12.8. The number of hydrogen-bond donors (Lipinski definition) is 0. The van der Waals surface area contributed by atoms with Crippen LogP contribution < -0.4 is 0 Å². The maximum absolute atomic E-state index is 12.8. The highest BCUT2D eigenvalue weighted by Crippen LogP contribution is 2.16. The Bertz CT molecular complexity index is 1150. The Morgan fingerprint density at radius 1 is 0.333 bits per heavy atom. The van der Waals surface area contributed by atoms with Crippen molar-refractivity contribution in [3.8, 4) is 0 Å². The zero-order chi connectivity index (χ0) is 45.8. The van der Waals surface area contributed by atoms with E-state index in [1.165, 1.54) is 122 Å². The van der Waals surface area contributed by atoms with Crippen LogP contribution in [0.4, 0.5) is 0 Å². The van der Waals surface area contributed by atoms with Crippen LogP contribution in [0.3, 0.4) is 0 Å². The van der Waals surface area contributed by atoms with Gasteiger partial charge in [0.25, 0.3) is 0 Å². The number of allylic oxidation sites excluding steroid dienone is 10. The average molecular weight is 881 g/mol. The molecule has 0 spiro atoms. The highest BCUT2D eigenvalue weighted by Gasteiger charge is 2.19. The lowest BCUT2D eigenvalue weighted by atomic mass is 10.0. The molecule has 0 aromatic heterocycles. The molecule has 0 aliphatic heterocycles. The van der Waals surface area contributed by atoms with E-state index >= 15 is 0 Å². The highest BCUT2D eigenvalue weighted by atomic mass is 16.6. The van der Waals surface area contributed by atoms with Crippen molar-refractivity contribution in [1.82, 2.24) is 0 Å². The van der Waals surface area contributed by atoms with Crippen LogP contribution in [0.15, 0.2) is 60.8 Å². The van der Waals surface area contributed by atoms with E-state index in [1.807, 2.05) is 0 Å². The van der Waals surface area contributed by atoms with Gasteiger partial charge in [-0.15, -0.1) is 0 Å². The third-order valence-electron chi connectivity index (χ3n) is 11.5. The number of unbranched alkanes of at least 4 members (excludes halogenated alkanes) is 27. The van der Waals surface area contributed by atoms with E-state index in [9.17, 15) is 14.4 Å². The number of carbonyl (C=O) groups is 3. The fourth-order valence-corrected chi connectivity index (χ4v) is 7.47. The van der Waals surface area contributed by atoms with Gasteiger partial charge in [-0.3, -0.25) is 14.4 Å². The van der Waals surface area contributed by atoms with Crippen LogP contribution in [-0.2, 0) is 28.6 Å². The Hall–Kier alpha value is -2.89. The molecule has 0 bridgehead atoms. The van der Waals surface area contributed by atoms with Gasteiger partial charge in [-0.25, -0.2) is 0 Å². The largest absolute Gasteiger partial charge is 0.462 e. The molecule has 1 unspecified atom stereocenters. The zero-order valence-corrected chi connectivity index (χ0v) is 41.6. The number of rotatable bonds is 48. The third kappa shape index (κ3) is 50.0. The fourth-order valence-electron chi connectivity index (χ4n) is 7.47. The van der Waals surface area contributed by atoms with Crippen LogP contribution in [0.5, 0.6) is 0 Å². The van der Waals surface area contributed by atoms with Crippen molar-refractivity contribution in [3.05, 3.63) is 60.8 Å². The van der Waals surface area contributed by atoms with Crippen LogP contribution in [-0.4, -0.2) is 37.2 Å². The van der Waals surface area contributed by atoms with E-state index < -0.39 is 6.10 Å². The van der Waals surface area contributed by atoms with Gasteiger partial charge in [-0.1, -0.05) is 229 Å². The van der Waals surface area contributed by atoms with E-state index in [1.54, 1.807) is 0 Å². The van der Waals surface area contributed by atoms with Gasteiger partial charge in [0.05, 0.1) is 0 Å². The van der Waals surface area contributed by atoms with Crippen molar-refractivity contribution in [2.75, 3.05) is 13.2 Å². The molecule has 6 nitrogen and oxygen atoms in total. The maximum Gasteiger partial charge on any atom is 0.306 e. The average Bonchev–Trinajstić information content (AvgIpc) is 3.28. The minimum absolute atomic E-state index is 0.0848. The fraction of sp³-hybridized carbons (Fsp3) is 0.772. The molecule has 0 amide bonds. The van der Waals surface area contributed by atoms with Crippen LogP contribution in [0.1, 0.15) is 265 Å². The number of hydrogen-bond acceptors (Lipinski definition) is 6. The molecule has 0 radical (unpaired) electrons. The smallest absolute Gasteiger partial charge is 0.306 e. The van der Waals surface area contributed by atoms with E-state index in [0.29, 0.717) is 19.3 Å². The third-order valence-corrected chi connectivity index (χ3v) is 11.5. The lowest BCUT2D eigenvalue weighted by molar-refractivity contribution is -0.167. The predicted octanol–water partition coefficient (Wildman–Crippen LogP) is 17.6. The van der Waals surface area contributed by atoms with E-state index in [-0.39, 0.29) is 31.1 Å². The summed E-state index contributed by atoms with van der Waals surface area (Å²) in [7, 11) is 0. The first-order valence-corrected chi connectivity index (χ1v) is 26.8. The highest BCUT2D eigenvalue weighted by molar-refractivity contribution is 5.71. The van der Waals surface area contributed by atoms with Crippen LogP contribution >= 0.6 is 0 Å². The molecular formula is C57H100O6. The van der Waals surface area contributed by atoms with Crippen molar-refractivity contribution < 1.29 is 28.6 Å². The van der Waals surface area contributed by atoms with Gasteiger partial charge < -0.3 is 14.2 Å². The van der Waals surface area contributed by atoms with Crippen LogP contribution in [0.2, 0.25) is 0 Å². The summed E-state index contributed by atoms with van der Waals surface area (Å²) >= 11 is 0. The molecule has 0 heterocycles. The van der Waals surface area contributed by atoms with Gasteiger partial charge in [0, 0.05) is 19.3 Å². The summed E-state index contributed by atoms with van der Waals surface area (Å²) in [6.07, 6.45) is 63.5. The second kappa shape index (κ2) is 51.7. The molecule has 1 atom stereocenters. The van der Waals surface area contributed by atoms with Gasteiger partial charge >= 0.3 is 17.9 Å². The predicted molar refractivity (Wildman–Crippen MR) is 270 cm³/mol. The SMILES string of the molecule is CC/C=C\C/C=C\C/C=C\C/C=C\CCCCCCC(=O)OCC(COC(=O)CCCCCCC/C=C\CCCC)OC(=O)CCCCCCCCCCCCCCCCCCC. The zero-order valence-electron chi connectivity index (χ0n) is 41.6. The Labute approximate surface area is 390 Å². The van der Waals surface area contributed by atoms with Crippen LogP contribution in [0.25, 0.3) is 0 Å². The number of carbonyl (C=O) groups excluding carboxylic acids is 3. The van der Waals surface area contributed by atoms with Gasteiger partial charge in [0.15, 0.2) is 6.10 Å². The quantitative estimate of drug-likeness (QED) is 0.0262. The molecule has 0 aliphatic carbocycles. The molecule has 0 N–H and O–H groups in total. The van der Waals surface area contributed by atoms with Gasteiger partial charge in [-0.05, 0) is 77.0 Å². The molecule has 0 saturated carbocycles. The Morgan fingerprint density at radius 3 is 1.03 bits per heavy atom. The van der Waals surface area contributed by atoms with Gasteiger partial charge in [0.1, 0.15) is 13.2 Å². The number of ether oxygens (including phenoxy) is 3. The molecule has 0 rings (SSSR count). The molecule has 6 heteroatoms. The lowest BCUT2D eigenvalue weighted by Gasteiger charge is -2.18. The topological polar surface area (TPSA) is 78.9 Å². The number of esters is 3. The van der Waals surface area contributed by atoms with Crippen molar-refractivity contribution in [2.45, 2.75) is 271 Å². The first-order valence-electron chi connectivity index (χ1n) is 26.8. The Morgan fingerprint density at radius 2 is 0.635 bits per heavy atom. The summed E-state index contributed by atoms with van der Waals surface area (Å²) in [5.74, 6) is -0.910. The second-order valence-electron chi connectivity index (χ2n) is 17.8. The van der Waals surface area contributed by atoms with Crippen molar-refractivity contribution in [1.29, 1.82) is 0 Å². The molecule has 0 fully saturated rings. The molecule has 0 saturated heterocycles. The Kier molecular flexibility index (Phi) is 49.4. The molecule has 63 heavy (non-hydrogen) atoms. The van der Waals surface area contributed by atoms with Crippen molar-refractivity contribution >= 4 is 17.9 Å². The summed E-state index contributed by atoms with van der Waals surface area (Å²) < 4.78 is 16.8. The minimum atomic E-state index is -0.785. The molecular weight excluding hydrogens is 781 g/mol. The lowest BCUT2D eigenvalue weighted by Crippen LogP contribution is -2.30. The molecule has 0 aromatic rings. The molecule has 0 aliphatic rings. The standard InChI is InChI=1S/C57H100O6/c1-4-7-10-13-16-19-22-24-26-28-30-32-35-38-41-44-47-50-56(59)62-53-54(52-61-55(58)49-46-43-40-37-34-21-18-15-12-9-6-3)63-57(60)51-48-45-42-39-36-33-31-29-27-25-23-20-17-14-11-8-5-2/h7,10,15-16,18-19,24,26,30,32,54H,4-6,8-9,11-14,17,20-23,25,27-29,31,33-53H2,1-3H3/b10-7-,18-15-,19-16-,26-24-,32-30-. The molecule has 0 aromatic carbocycles. The van der Waals surface area contributed by atoms with E-state index in [0.717, 1.165) is 103 Å². The summed E-state index contributed by atoms with van der Waals surface area (Å²) in [5.41, 5.74) is 0. The second-order valence-corrected chi connectivity index (χ2v) is 17.8. The summed E-state index contributed by atoms with van der Waals surface area (Å²) in [4.78, 5) is 38.0. The summed E-state index contributed by atoms with van der Waals surface area (Å²) in [5, 5.41) is 0. The normalized spacial score (nSPS) is 12.5.